The largest absolute Gasteiger partial charge is 0.465 e. The van der Waals surface area contributed by atoms with Crippen LogP contribution in [0.1, 0.15) is 38.2 Å². The van der Waals surface area contributed by atoms with Crippen molar-refractivity contribution in [1.29, 1.82) is 0 Å². The first kappa shape index (κ1) is 16.9. The highest BCUT2D eigenvalue weighted by Crippen LogP contribution is 2.16. The summed E-state index contributed by atoms with van der Waals surface area (Å²) in [6, 6.07) is 9.04. The van der Waals surface area contributed by atoms with E-state index in [4.69, 9.17) is 9.84 Å². The van der Waals surface area contributed by atoms with E-state index in [2.05, 4.69) is 20.8 Å². The van der Waals surface area contributed by atoms with Gasteiger partial charge >= 0.3 is 6.09 Å². The summed E-state index contributed by atoms with van der Waals surface area (Å²) in [7, 11) is 0. The van der Waals surface area contributed by atoms with Crippen molar-refractivity contribution in [2.75, 3.05) is 6.61 Å². The summed E-state index contributed by atoms with van der Waals surface area (Å²) >= 11 is 0. The number of rotatable bonds is 6. The van der Waals surface area contributed by atoms with E-state index >= 15 is 0 Å². The molecule has 0 fully saturated rings. The Morgan fingerprint density at radius 3 is 2.65 bits per heavy atom. The van der Waals surface area contributed by atoms with Crippen LogP contribution in [0.15, 0.2) is 30.3 Å². The third kappa shape index (κ3) is 5.33. The van der Waals surface area contributed by atoms with Gasteiger partial charge in [0, 0.05) is 0 Å². The quantitative estimate of drug-likeness (QED) is 0.842. The fourth-order valence-corrected chi connectivity index (χ4v) is 1.99. The molecule has 0 aliphatic carbocycles. The maximum Gasteiger partial charge on any atom is 0.405 e. The molecular weight excluding hydrogens is 298 g/mol. The minimum absolute atomic E-state index is 0.144. The lowest BCUT2D eigenvalue weighted by molar-refractivity contribution is -0.0158. The summed E-state index contributed by atoms with van der Waals surface area (Å²) in [4.78, 5) is 11.1. The Morgan fingerprint density at radius 2 is 2.04 bits per heavy atom. The molecule has 1 heterocycles. The molecule has 1 aromatic heterocycles. The Morgan fingerprint density at radius 1 is 1.35 bits per heavy atom. The smallest absolute Gasteiger partial charge is 0.405 e. The molecular formula is C15H21N5O3. The van der Waals surface area contributed by atoms with Gasteiger partial charge in [0.1, 0.15) is 6.04 Å². The highest BCUT2D eigenvalue weighted by molar-refractivity contribution is 5.65. The maximum atomic E-state index is 11.1. The molecule has 2 N–H and O–H groups in total. The third-order valence-corrected chi connectivity index (χ3v) is 3.03. The van der Waals surface area contributed by atoms with E-state index in [1.165, 1.54) is 0 Å². The number of aromatic nitrogens is 4. The normalized spacial score (nSPS) is 12.8. The van der Waals surface area contributed by atoms with Crippen LogP contribution in [0.25, 0.3) is 0 Å². The summed E-state index contributed by atoms with van der Waals surface area (Å²) in [5.41, 5.74) is 0.628. The summed E-state index contributed by atoms with van der Waals surface area (Å²) in [6.45, 7) is 6.30. The third-order valence-electron chi connectivity index (χ3n) is 3.03. The lowest BCUT2D eigenvalue weighted by Crippen LogP contribution is -2.35. The van der Waals surface area contributed by atoms with Crippen molar-refractivity contribution in [2.24, 2.45) is 0 Å². The van der Waals surface area contributed by atoms with Gasteiger partial charge in [-0.3, -0.25) is 0 Å². The average molecular weight is 319 g/mol. The molecule has 2 aromatic rings. The predicted molar refractivity (Wildman–Crippen MR) is 83.0 cm³/mol. The van der Waals surface area contributed by atoms with E-state index in [0.717, 1.165) is 5.56 Å². The van der Waals surface area contributed by atoms with E-state index in [1.54, 1.807) is 4.68 Å². The van der Waals surface area contributed by atoms with Gasteiger partial charge in [-0.1, -0.05) is 30.3 Å². The predicted octanol–water partition coefficient (Wildman–Crippen LogP) is 1.85. The molecule has 0 saturated carbocycles. The van der Waals surface area contributed by atoms with Crippen LogP contribution in [-0.4, -0.2) is 43.6 Å². The van der Waals surface area contributed by atoms with Crippen molar-refractivity contribution in [1.82, 2.24) is 25.5 Å². The number of nitrogens with one attached hydrogen (secondary N) is 1. The Labute approximate surface area is 134 Å². The molecule has 2 rings (SSSR count). The fraction of sp³-hybridized carbons (Fsp3) is 0.467. The number of tetrazole rings is 1. The molecule has 0 aliphatic rings. The van der Waals surface area contributed by atoms with Crippen LogP contribution in [0.2, 0.25) is 0 Å². The summed E-state index contributed by atoms with van der Waals surface area (Å²) in [5, 5.41) is 23.0. The van der Waals surface area contributed by atoms with Gasteiger partial charge in [-0.15, -0.1) is 5.10 Å². The Bertz CT molecular complexity index is 636. The number of amides is 1. The lowest BCUT2D eigenvalue weighted by Gasteiger charge is -2.24. The molecule has 1 amide bonds. The monoisotopic (exact) mass is 319 g/mol. The molecule has 0 bridgehead atoms. The lowest BCUT2D eigenvalue weighted by atomic mass is 10.2. The molecule has 0 radical (unpaired) electrons. The van der Waals surface area contributed by atoms with Crippen molar-refractivity contribution >= 4 is 6.09 Å². The van der Waals surface area contributed by atoms with Crippen LogP contribution in [0.5, 0.6) is 0 Å². The number of carboxylic acid groups (broad SMARTS) is 1. The molecule has 0 spiro atoms. The maximum absolute atomic E-state index is 11.1. The highest BCUT2D eigenvalue weighted by Gasteiger charge is 2.24. The minimum Gasteiger partial charge on any atom is -0.465 e. The van der Waals surface area contributed by atoms with E-state index in [-0.39, 0.29) is 6.61 Å². The van der Waals surface area contributed by atoms with Gasteiger partial charge in [0.05, 0.1) is 18.8 Å². The van der Waals surface area contributed by atoms with Crippen molar-refractivity contribution < 1.29 is 14.6 Å². The van der Waals surface area contributed by atoms with E-state index in [1.807, 2.05) is 51.1 Å². The van der Waals surface area contributed by atoms with Crippen molar-refractivity contribution in [3.63, 3.8) is 0 Å². The zero-order valence-electron chi connectivity index (χ0n) is 13.4. The molecule has 1 atom stereocenters. The van der Waals surface area contributed by atoms with Crippen LogP contribution < -0.4 is 5.32 Å². The molecule has 8 nitrogen and oxygen atoms in total. The number of carbonyl (C=O) groups is 1. The Kier molecular flexibility index (Phi) is 5.28. The summed E-state index contributed by atoms with van der Waals surface area (Å²) in [5.74, 6) is 0.417. The van der Waals surface area contributed by atoms with Gasteiger partial charge in [0.2, 0.25) is 0 Å². The van der Waals surface area contributed by atoms with E-state index < -0.39 is 17.7 Å². The topological polar surface area (TPSA) is 102 Å². The molecule has 1 unspecified atom stereocenters. The molecule has 0 saturated heterocycles. The first-order valence-corrected chi connectivity index (χ1v) is 7.28. The molecule has 0 aliphatic heterocycles. The van der Waals surface area contributed by atoms with Crippen LogP contribution in [-0.2, 0) is 11.3 Å². The zero-order valence-corrected chi connectivity index (χ0v) is 13.4. The summed E-state index contributed by atoms with van der Waals surface area (Å²) < 4.78 is 7.26. The van der Waals surface area contributed by atoms with Gasteiger partial charge in [-0.2, -0.15) is 0 Å². The molecule has 1 aromatic carbocycles. The fourth-order valence-electron chi connectivity index (χ4n) is 1.99. The average Bonchev–Trinajstić information content (AvgIpc) is 2.91. The zero-order chi connectivity index (χ0) is 16.9. The van der Waals surface area contributed by atoms with Gasteiger partial charge in [-0.25, -0.2) is 9.48 Å². The number of nitrogens with zero attached hydrogens (tertiary/aromatic N) is 4. The molecule has 124 valence electrons. The van der Waals surface area contributed by atoms with Gasteiger partial charge in [-0.05, 0) is 36.8 Å². The van der Waals surface area contributed by atoms with Crippen LogP contribution in [0.3, 0.4) is 0 Å². The summed E-state index contributed by atoms with van der Waals surface area (Å²) in [6.07, 6.45) is -1.15. The van der Waals surface area contributed by atoms with Crippen LogP contribution in [0.4, 0.5) is 4.79 Å². The van der Waals surface area contributed by atoms with Crippen LogP contribution in [0, 0.1) is 0 Å². The first-order valence-electron chi connectivity index (χ1n) is 7.28. The number of benzene rings is 1. The second kappa shape index (κ2) is 7.19. The second-order valence-electron chi connectivity index (χ2n) is 6.11. The Balaban J connectivity index is 2.18. The molecule has 23 heavy (non-hydrogen) atoms. The SMILES string of the molecule is CC(C)(C)OCC(NC(=O)O)c1nnnn1Cc1ccccc1. The van der Waals surface area contributed by atoms with Gasteiger partial charge < -0.3 is 15.2 Å². The van der Waals surface area contributed by atoms with E-state index in [9.17, 15) is 4.79 Å². The highest BCUT2D eigenvalue weighted by atomic mass is 16.5. The van der Waals surface area contributed by atoms with Crippen molar-refractivity contribution in [3.8, 4) is 0 Å². The van der Waals surface area contributed by atoms with Gasteiger partial charge in [0.25, 0.3) is 0 Å². The number of hydrogen-bond acceptors (Lipinski definition) is 5. The second-order valence-corrected chi connectivity index (χ2v) is 6.11. The van der Waals surface area contributed by atoms with Crippen molar-refractivity contribution in [3.05, 3.63) is 41.7 Å². The minimum atomic E-state index is -1.15. The first-order chi connectivity index (χ1) is 10.8. The standard InChI is InChI=1S/C15H21N5O3/c1-15(2,3)23-10-12(16-14(21)22)13-17-18-19-20(13)9-11-7-5-4-6-8-11/h4-8,12,16H,9-10H2,1-3H3,(H,21,22). The van der Waals surface area contributed by atoms with E-state index in [0.29, 0.717) is 12.4 Å². The number of ether oxygens (including phenoxy) is 1. The Hall–Kier alpha value is -2.48. The molecule has 8 heteroatoms. The number of hydrogen-bond donors (Lipinski definition) is 2. The van der Waals surface area contributed by atoms with Gasteiger partial charge in [0.15, 0.2) is 5.82 Å². The van der Waals surface area contributed by atoms with Crippen LogP contribution >= 0.6 is 0 Å². The van der Waals surface area contributed by atoms with Crippen molar-refractivity contribution in [2.45, 2.75) is 39.0 Å².